The van der Waals surface area contributed by atoms with Gasteiger partial charge in [0.25, 0.3) is 0 Å². The van der Waals surface area contributed by atoms with Crippen molar-refractivity contribution in [3.05, 3.63) is 53.8 Å². The van der Waals surface area contributed by atoms with Gasteiger partial charge in [0, 0.05) is 32.2 Å². The maximum atomic E-state index is 12.8. The summed E-state index contributed by atoms with van der Waals surface area (Å²) in [5, 5.41) is 7.23. The van der Waals surface area contributed by atoms with Gasteiger partial charge in [-0.3, -0.25) is 0 Å². The van der Waals surface area contributed by atoms with Gasteiger partial charge in [0.15, 0.2) is 5.82 Å². The molecule has 1 N–H and O–H groups in total. The number of carbonyl (C=O) groups is 1. The molecule has 2 heterocycles. The van der Waals surface area contributed by atoms with Gasteiger partial charge in [0.05, 0.1) is 5.54 Å². The number of anilines is 1. The SMILES string of the molecule is C=C(C)c1cccc(C(C)(C)NC(=O)N2CCN(c3cc(C)on3)CC2)c1. The molecule has 0 atom stereocenters. The van der Waals surface area contributed by atoms with E-state index in [4.69, 9.17) is 4.52 Å². The first kappa shape index (κ1) is 19.0. The van der Waals surface area contributed by atoms with E-state index in [1.165, 1.54) is 0 Å². The van der Waals surface area contributed by atoms with Crippen LogP contribution >= 0.6 is 0 Å². The number of nitrogens with zero attached hydrogens (tertiary/aromatic N) is 3. The zero-order valence-corrected chi connectivity index (χ0v) is 16.6. The van der Waals surface area contributed by atoms with E-state index in [9.17, 15) is 4.79 Å². The summed E-state index contributed by atoms with van der Waals surface area (Å²) < 4.78 is 5.14. The molecule has 6 nitrogen and oxygen atoms in total. The van der Waals surface area contributed by atoms with Crippen molar-refractivity contribution in [2.45, 2.75) is 33.2 Å². The lowest BCUT2D eigenvalue weighted by Crippen LogP contribution is -2.55. The predicted molar refractivity (Wildman–Crippen MR) is 108 cm³/mol. The van der Waals surface area contributed by atoms with Gasteiger partial charge in [-0.1, -0.05) is 35.5 Å². The van der Waals surface area contributed by atoms with Gasteiger partial charge in [0.1, 0.15) is 5.76 Å². The zero-order chi connectivity index (χ0) is 19.6. The van der Waals surface area contributed by atoms with Crippen molar-refractivity contribution in [2.75, 3.05) is 31.1 Å². The highest BCUT2D eigenvalue weighted by Crippen LogP contribution is 2.24. The van der Waals surface area contributed by atoms with Crippen LogP contribution in [0.1, 0.15) is 37.7 Å². The number of urea groups is 1. The lowest BCUT2D eigenvalue weighted by molar-refractivity contribution is 0.183. The van der Waals surface area contributed by atoms with E-state index < -0.39 is 5.54 Å². The second-order valence-electron chi connectivity index (χ2n) is 7.69. The van der Waals surface area contributed by atoms with E-state index in [0.29, 0.717) is 13.1 Å². The summed E-state index contributed by atoms with van der Waals surface area (Å²) in [7, 11) is 0. The topological polar surface area (TPSA) is 61.6 Å². The lowest BCUT2D eigenvalue weighted by Gasteiger charge is -2.37. The van der Waals surface area contributed by atoms with Crippen LogP contribution in [0.2, 0.25) is 0 Å². The minimum atomic E-state index is -0.469. The molecule has 3 rings (SSSR count). The highest BCUT2D eigenvalue weighted by atomic mass is 16.5. The fraction of sp³-hybridized carbons (Fsp3) is 0.429. The number of rotatable bonds is 4. The number of hydrogen-bond donors (Lipinski definition) is 1. The van der Waals surface area contributed by atoms with Gasteiger partial charge in [-0.2, -0.15) is 0 Å². The van der Waals surface area contributed by atoms with Crippen LogP contribution in [0.5, 0.6) is 0 Å². The fourth-order valence-electron chi connectivity index (χ4n) is 3.23. The summed E-state index contributed by atoms with van der Waals surface area (Å²) in [4.78, 5) is 16.8. The van der Waals surface area contributed by atoms with Crippen molar-refractivity contribution in [2.24, 2.45) is 0 Å². The maximum absolute atomic E-state index is 12.8. The van der Waals surface area contributed by atoms with E-state index in [2.05, 4.69) is 28.0 Å². The van der Waals surface area contributed by atoms with Crippen molar-refractivity contribution in [1.82, 2.24) is 15.4 Å². The Morgan fingerprint density at radius 3 is 2.52 bits per heavy atom. The normalized spacial score (nSPS) is 15.0. The Balaban J connectivity index is 1.61. The van der Waals surface area contributed by atoms with Crippen LogP contribution in [0, 0.1) is 6.92 Å². The molecule has 0 spiro atoms. The molecule has 0 bridgehead atoms. The van der Waals surface area contributed by atoms with Crippen molar-refractivity contribution < 1.29 is 9.32 Å². The Labute approximate surface area is 160 Å². The monoisotopic (exact) mass is 368 g/mol. The van der Waals surface area contributed by atoms with E-state index in [1.54, 1.807) is 0 Å². The van der Waals surface area contributed by atoms with Crippen molar-refractivity contribution in [3.8, 4) is 0 Å². The van der Waals surface area contributed by atoms with Gasteiger partial charge in [0.2, 0.25) is 0 Å². The first-order chi connectivity index (χ1) is 12.8. The minimum Gasteiger partial charge on any atom is -0.360 e. The second-order valence-corrected chi connectivity index (χ2v) is 7.69. The third-order valence-electron chi connectivity index (χ3n) is 5.00. The molecular formula is C21H28N4O2. The summed E-state index contributed by atoms with van der Waals surface area (Å²) in [6, 6.07) is 10.1. The molecule has 1 aromatic carbocycles. The molecule has 0 unspecified atom stereocenters. The average molecular weight is 368 g/mol. The molecule has 0 radical (unpaired) electrons. The number of allylic oxidation sites excluding steroid dienone is 1. The van der Waals surface area contributed by atoms with E-state index in [0.717, 1.165) is 41.4 Å². The van der Waals surface area contributed by atoms with Crippen molar-refractivity contribution in [3.63, 3.8) is 0 Å². The molecule has 1 saturated heterocycles. The van der Waals surface area contributed by atoms with Crippen LogP contribution < -0.4 is 10.2 Å². The highest BCUT2D eigenvalue weighted by Gasteiger charge is 2.28. The number of hydrogen-bond acceptors (Lipinski definition) is 4. The second kappa shape index (κ2) is 7.47. The largest absolute Gasteiger partial charge is 0.360 e. The van der Waals surface area contributed by atoms with Gasteiger partial charge < -0.3 is 19.6 Å². The first-order valence-corrected chi connectivity index (χ1v) is 9.28. The van der Waals surface area contributed by atoms with Crippen LogP contribution in [0.4, 0.5) is 10.6 Å². The zero-order valence-electron chi connectivity index (χ0n) is 16.6. The summed E-state index contributed by atoms with van der Waals surface area (Å²) >= 11 is 0. The van der Waals surface area contributed by atoms with Crippen LogP contribution in [0.3, 0.4) is 0 Å². The molecule has 1 fully saturated rings. The summed E-state index contributed by atoms with van der Waals surface area (Å²) in [5.41, 5.74) is 2.70. The molecule has 144 valence electrons. The lowest BCUT2D eigenvalue weighted by atomic mass is 9.92. The van der Waals surface area contributed by atoms with Gasteiger partial charge in [-0.05, 0) is 44.9 Å². The van der Waals surface area contributed by atoms with Crippen LogP contribution in [-0.4, -0.2) is 42.3 Å². The summed E-state index contributed by atoms with van der Waals surface area (Å²) in [6.07, 6.45) is 0. The molecular weight excluding hydrogens is 340 g/mol. The molecule has 2 aromatic rings. The molecule has 1 aliphatic heterocycles. The molecule has 6 heteroatoms. The molecule has 1 aliphatic rings. The van der Waals surface area contributed by atoms with Gasteiger partial charge in [-0.15, -0.1) is 0 Å². The third kappa shape index (κ3) is 4.32. The number of amides is 2. The Kier molecular flexibility index (Phi) is 5.26. The maximum Gasteiger partial charge on any atom is 0.318 e. The quantitative estimate of drug-likeness (QED) is 0.892. The van der Waals surface area contributed by atoms with Crippen LogP contribution in [0.25, 0.3) is 5.57 Å². The number of piperazine rings is 1. The van der Waals surface area contributed by atoms with Crippen LogP contribution in [0.15, 0.2) is 41.4 Å². The Hall–Kier alpha value is -2.76. The van der Waals surface area contributed by atoms with Gasteiger partial charge >= 0.3 is 6.03 Å². The molecule has 1 aromatic heterocycles. The molecule has 2 amide bonds. The Morgan fingerprint density at radius 2 is 1.93 bits per heavy atom. The molecule has 0 aliphatic carbocycles. The highest BCUT2D eigenvalue weighted by molar-refractivity contribution is 5.76. The predicted octanol–water partition coefficient (Wildman–Crippen LogP) is 3.78. The van der Waals surface area contributed by atoms with Crippen molar-refractivity contribution >= 4 is 17.4 Å². The smallest absolute Gasteiger partial charge is 0.318 e. The first-order valence-electron chi connectivity index (χ1n) is 9.28. The Bertz CT molecular complexity index is 832. The minimum absolute atomic E-state index is 0.0447. The van der Waals surface area contributed by atoms with E-state index in [1.807, 2.05) is 56.9 Å². The number of benzene rings is 1. The number of nitrogens with one attached hydrogen (secondary N) is 1. The van der Waals surface area contributed by atoms with Gasteiger partial charge in [-0.25, -0.2) is 4.79 Å². The number of aromatic nitrogens is 1. The number of carbonyl (C=O) groups excluding carboxylic acids is 1. The molecule has 0 saturated carbocycles. The average Bonchev–Trinajstić information content (AvgIpc) is 3.08. The summed E-state index contributed by atoms with van der Waals surface area (Å²) in [6.45, 7) is 14.7. The summed E-state index contributed by atoms with van der Waals surface area (Å²) in [5.74, 6) is 1.63. The van der Waals surface area contributed by atoms with E-state index in [-0.39, 0.29) is 6.03 Å². The standard InChI is InChI=1S/C21H28N4O2/c1-15(2)17-7-6-8-18(14-17)21(4,5)22-20(26)25-11-9-24(10-12-25)19-13-16(3)27-23-19/h6-8,13-14H,1,9-12H2,2-5H3,(H,22,26). The fourth-order valence-corrected chi connectivity index (χ4v) is 3.23. The molecule has 27 heavy (non-hydrogen) atoms. The third-order valence-corrected chi connectivity index (χ3v) is 5.00. The number of aryl methyl sites for hydroxylation is 1. The van der Waals surface area contributed by atoms with Crippen molar-refractivity contribution in [1.29, 1.82) is 0 Å². The Morgan fingerprint density at radius 1 is 1.22 bits per heavy atom. The van der Waals surface area contributed by atoms with Crippen LogP contribution in [-0.2, 0) is 5.54 Å². The van der Waals surface area contributed by atoms with E-state index >= 15 is 0 Å².